The molecule has 0 unspecified atom stereocenters. The smallest absolute Gasteiger partial charge is 0.243 e. The van der Waals surface area contributed by atoms with Gasteiger partial charge in [-0.1, -0.05) is 0 Å². The quantitative estimate of drug-likeness (QED) is 0.407. The molecule has 1 saturated heterocycles. The maximum absolute atomic E-state index is 10.1. The van der Waals surface area contributed by atoms with Gasteiger partial charge in [0.2, 0.25) is 13.2 Å². The molecule has 1 rings (SSSR count). The highest BCUT2D eigenvalue weighted by atomic mass is 16.2. The molecule has 0 aromatic rings. The number of imide groups is 1. The molecule has 0 bridgehead atoms. The normalized spacial score (nSPS) is 18.9. The molecule has 35 valence electrons. The molecule has 0 spiro atoms. The van der Waals surface area contributed by atoms with Gasteiger partial charge in [0, 0.05) is 6.32 Å². The summed E-state index contributed by atoms with van der Waals surface area (Å²) in [4.78, 5) is 20.2. The molecule has 3 nitrogen and oxygen atoms in total. The highest BCUT2D eigenvalue weighted by Gasteiger charge is 2.17. The van der Waals surface area contributed by atoms with Crippen LogP contribution in [0.4, 0.5) is 4.79 Å². The van der Waals surface area contributed by atoms with Gasteiger partial charge < -0.3 is 5.32 Å². The van der Waals surface area contributed by atoms with Crippen molar-refractivity contribution in [2.75, 3.05) is 0 Å². The van der Waals surface area contributed by atoms with Crippen LogP contribution in [0.2, 0.25) is 6.32 Å². The monoisotopic (exact) mass is 96.0 g/mol. The fourth-order valence-corrected chi connectivity index (χ4v) is 0.425. The minimum Gasteiger partial charge on any atom is -0.306 e. The van der Waals surface area contributed by atoms with E-state index in [1.165, 1.54) is 7.28 Å². The Morgan fingerprint density at radius 2 is 2.29 bits per heavy atom. The zero-order valence-electron chi connectivity index (χ0n) is 3.60. The number of hydrogen-bond acceptors (Lipinski definition) is 2. The van der Waals surface area contributed by atoms with Crippen LogP contribution in [-0.4, -0.2) is 19.0 Å². The number of hydrogen-bond donors (Lipinski definition) is 1. The fraction of sp³-hybridized carbons (Fsp3) is 0.333. The molecule has 2 amide bonds. The summed E-state index contributed by atoms with van der Waals surface area (Å²) in [5.41, 5.74) is 0. The van der Waals surface area contributed by atoms with Gasteiger partial charge in [0.15, 0.2) is 5.81 Å². The second-order valence-electron chi connectivity index (χ2n) is 1.32. The predicted octanol–water partition coefficient (Wildman–Crippen LogP) is -0.641. The summed E-state index contributed by atoms with van der Waals surface area (Å²) in [5.74, 6) is -0.477. The number of rotatable bonds is 0. The van der Waals surface area contributed by atoms with Crippen molar-refractivity contribution in [3.8, 4) is 0 Å². The Bertz CT molecular complexity index is 108. The Hall–Kier alpha value is -0.795. The van der Waals surface area contributed by atoms with Gasteiger partial charge in [-0.25, -0.2) is 0 Å². The zero-order chi connectivity index (χ0) is 5.28. The van der Waals surface area contributed by atoms with Crippen LogP contribution in [0.15, 0.2) is 0 Å². The van der Waals surface area contributed by atoms with Crippen LogP contribution in [0.1, 0.15) is 0 Å². The van der Waals surface area contributed by atoms with E-state index in [-0.39, 0.29) is 18.0 Å². The first-order valence-electron chi connectivity index (χ1n) is 1.96. The fourth-order valence-electron chi connectivity index (χ4n) is 0.425. The first-order valence-corrected chi connectivity index (χ1v) is 1.96. The van der Waals surface area contributed by atoms with Crippen molar-refractivity contribution >= 4 is 19.0 Å². The molecule has 1 aliphatic heterocycles. The van der Waals surface area contributed by atoms with Gasteiger partial charge in [0.05, 0.1) is 0 Å². The topological polar surface area (TPSA) is 46.2 Å². The average molecular weight is 95.9 g/mol. The lowest BCUT2D eigenvalue weighted by Gasteiger charge is -1.81. The van der Waals surface area contributed by atoms with Gasteiger partial charge in [0.1, 0.15) is 0 Å². The zero-order valence-corrected chi connectivity index (χ0v) is 3.60. The maximum Gasteiger partial charge on any atom is 0.243 e. The lowest BCUT2D eigenvalue weighted by Crippen LogP contribution is -2.18. The molecule has 0 aromatic carbocycles. The van der Waals surface area contributed by atoms with Crippen molar-refractivity contribution in [1.29, 1.82) is 0 Å². The summed E-state index contributed by atoms with van der Waals surface area (Å²) in [6.07, 6.45) is 0.249. The molecule has 1 N–H and O–H groups in total. The van der Waals surface area contributed by atoms with Crippen molar-refractivity contribution in [1.82, 2.24) is 5.32 Å². The summed E-state index contributed by atoms with van der Waals surface area (Å²) in [6, 6.07) is 0. The Morgan fingerprint density at radius 3 is 2.43 bits per heavy atom. The summed E-state index contributed by atoms with van der Waals surface area (Å²) in [6.45, 7) is 0. The van der Waals surface area contributed by atoms with Crippen LogP contribution in [0.25, 0.3) is 0 Å². The SMILES string of the molecule is O=C1[B]CC(=O)N1. The van der Waals surface area contributed by atoms with Gasteiger partial charge >= 0.3 is 0 Å². The highest BCUT2D eigenvalue weighted by Crippen LogP contribution is 1.88. The third-order valence-electron chi connectivity index (χ3n) is 0.735. The van der Waals surface area contributed by atoms with Crippen LogP contribution in [0.3, 0.4) is 0 Å². The molecule has 1 aliphatic rings. The van der Waals surface area contributed by atoms with E-state index in [1.54, 1.807) is 0 Å². The van der Waals surface area contributed by atoms with Gasteiger partial charge in [-0.2, -0.15) is 0 Å². The van der Waals surface area contributed by atoms with E-state index in [2.05, 4.69) is 5.32 Å². The Morgan fingerprint density at radius 1 is 1.57 bits per heavy atom. The van der Waals surface area contributed by atoms with Crippen molar-refractivity contribution in [3.63, 3.8) is 0 Å². The first-order chi connectivity index (χ1) is 3.29. The lowest BCUT2D eigenvalue weighted by molar-refractivity contribution is -0.117. The van der Waals surface area contributed by atoms with Crippen LogP contribution < -0.4 is 5.32 Å². The van der Waals surface area contributed by atoms with Gasteiger partial charge in [-0.3, -0.25) is 9.59 Å². The van der Waals surface area contributed by atoms with E-state index in [0.717, 1.165) is 0 Å². The summed E-state index contributed by atoms with van der Waals surface area (Å²) in [5, 5.41) is 2.08. The number of amides is 2. The van der Waals surface area contributed by atoms with Crippen LogP contribution in [-0.2, 0) is 4.79 Å². The van der Waals surface area contributed by atoms with Crippen molar-refractivity contribution in [2.45, 2.75) is 6.32 Å². The Labute approximate surface area is 41.3 Å². The molecular formula is C3H3BNO2. The minimum atomic E-state index is -0.273. The molecular weight excluding hydrogens is 92.8 g/mol. The number of carbonyl (C=O) groups is 2. The van der Waals surface area contributed by atoms with Crippen molar-refractivity contribution in [3.05, 3.63) is 0 Å². The first kappa shape index (κ1) is 4.37. The third kappa shape index (κ3) is 0.794. The summed E-state index contributed by atoms with van der Waals surface area (Å²) < 4.78 is 0. The van der Waals surface area contributed by atoms with E-state index >= 15 is 0 Å². The average Bonchev–Trinajstić information content (AvgIpc) is 1.87. The van der Waals surface area contributed by atoms with E-state index < -0.39 is 0 Å². The molecule has 4 heteroatoms. The molecule has 1 heterocycles. The molecule has 0 aromatic heterocycles. The van der Waals surface area contributed by atoms with E-state index in [0.29, 0.717) is 0 Å². The molecule has 0 saturated carbocycles. The van der Waals surface area contributed by atoms with E-state index in [4.69, 9.17) is 0 Å². The van der Waals surface area contributed by atoms with E-state index in [1.807, 2.05) is 0 Å². The lowest BCUT2D eigenvalue weighted by atomic mass is 9.77. The molecule has 0 aliphatic carbocycles. The van der Waals surface area contributed by atoms with Crippen LogP contribution in [0.5, 0.6) is 0 Å². The largest absolute Gasteiger partial charge is 0.306 e. The summed E-state index contributed by atoms with van der Waals surface area (Å²) in [7, 11) is 1.32. The van der Waals surface area contributed by atoms with E-state index in [9.17, 15) is 9.59 Å². The van der Waals surface area contributed by atoms with Crippen molar-refractivity contribution < 1.29 is 9.59 Å². The Kier molecular flexibility index (Phi) is 0.853. The molecule has 0 atom stereocenters. The molecule has 1 fully saturated rings. The third-order valence-corrected chi connectivity index (χ3v) is 0.735. The van der Waals surface area contributed by atoms with Gasteiger partial charge in [-0.15, -0.1) is 0 Å². The maximum atomic E-state index is 10.1. The highest BCUT2D eigenvalue weighted by molar-refractivity contribution is 6.79. The van der Waals surface area contributed by atoms with Gasteiger partial charge in [0.25, 0.3) is 0 Å². The van der Waals surface area contributed by atoms with Gasteiger partial charge in [-0.05, 0) is 0 Å². The van der Waals surface area contributed by atoms with Crippen molar-refractivity contribution in [2.24, 2.45) is 0 Å². The number of carbonyl (C=O) groups excluding carboxylic acids is 2. The summed E-state index contributed by atoms with van der Waals surface area (Å²) >= 11 is 0. The molecule has 1 radical (unpaired) electrons. The standard InChI is InChI=1S/C3H3BNO2/c6-2-1-4-3(7)5-2/h1H2,(H,5,6,7). The minimum absolute atomic E-state index is 0.204. The second-order valence-corrected chi connectivity index (χ2v) is 1.32. The Balaban J connectivity index is 2.55. The predicted molar refractivity (Wildman–Crippen MR) is 24.1 cm³/mol. The molecule has 7 heavy (non-hydrogen) atoms. The number of nitrogens with one attached hydrogen (secondary N) is 1. The van der Waals surface area contributed by atoms with Crippen LogP contribution >= 0.6 is 0 Å². The second kappa shape index (κ2) is 1.37. The van der Waals surface area contributed by atoms with Crippen LogP contribution in [0, 0.1) is 0 Å².